The first-order valence-corrected chi connectivity index (χ1v) is 10.5. The van der Waals surface area contributed by atoms with Gasteiger partial charge < -0.3 is 14.4 Å². The Morgan fingerprint density at radius 3 is 2.35 bits per heavy atom. The van der Waals surface area contributed by atoms with Crippen molar-refractivity contribution in [1.82, 2.24) is 9.80 Å². The summed E-state index contributed by atoms with van der Waals surface area (Å²) in [5.74, 6) is 1.13. The van der Waals surface area contributed by atoms with Crippen molar-refractivity contribution in [3.05, 3.63) is 59.2 Å². The van der Waals surface area contributed by atoms with Crippen LogP contribution in [0.4, 0.5) is 0 Å². The van der Waals surface area contributed by atoms with Gasteiger partial charge in [-0.2, -0.15) is 0 Å². The van der Waals surface area contributed by atoms with Crippen molar-refractivity contribution in [3.8, 4) is 11.5 Å². The fourth-order valence-corrected chi connectivity index (χ4v) is 4.33. The Morgan fingerprint density at radius 2 is 1.71 bits per heavy atom. The number of carbonyl (C=O) groups excluding carboxylic acids is 3. The summed E-state index contributed by atoms with van der Waals surface area (Å²) in [7, 11) is 3.25. The van der Waals surface area contributed by atoms with E-state index in [0.29, 0.717) is 12.1 Å². The van der Waals surface area contributed by atoms with Gasteiger partial charge in [-0.1, -0.05) is 12.1 Å². The van der Waals surface area contributed by atoms with Gasteiger partial charge in [0.15, 0.2) is 0 Å². The molecule has 0 saturated carbocycles. The van der Waals surface area contributed by atoms with E-state index in [1.807, 2.05) is 35.2 Å². The van der Waals surface area contributed by atoms with E-state index in [-0.39, 0.29) is 43.1 Å². The second-order valence-corrected chi connectivity index (χ2v) is 7.83. The van der Waals surface area contributed by atoms with Crippen LogP contribution in [-0.2, 0) is 16.1 Å². The molecule has 2 saturated heterocycles. The molecule has 1 unspecified atom stereocenters. The van der Waals surface area contributed by atoms with Gasteiger partial charge >= 0.3 is 0 Å². The summed E-state index contributed by atoms with van der Waals surface area (Å²) in [6, 6.07) is 12.7. The number of carbonyl (C=O) groups is 3. The fourth-order valence-electron chi connectivity index (χ4n) is 4.33. The first-order valence-electron chi connectivity index (χ1n) is 10.5. The number of nitrogens with zero attached hydrogens (tertiary/aromatic N) is 2. The third-order valence-corrected chi connectivity index (χ3v) is 6.01. The first kappa shape index (κ1) is 20.9. The SMILES string of the molecule is COc1ccc(OC)c(C2CCCN2C(=O)c2ccc(CN3C(=O)CCC3=O)cc2)c1. The number of amides is 3. The van der Waals surface area contributed by atoms with Crippen molar-refractivity contribution < 1.29 is 23.9 Å². The quantitative estimate of drug-likeness (QED) is 0.668. The van der Waals surface area contributed by atoms with Crippen LogP contribution in [0.2, 0.25) is 0 Å². The smallest absolute Gasteiger partial charge is 0.254 e. The average Bonchev–Trinajstić information content (AvgIpc) is 3.41. The molecule has 0 spiro atoms. The summed E-state index contributed by atoms with van der Waals surface area (Å²) in [6.45, 7) is 0.919. The number of imide groups is 1. The Kier molecular flexibility index (Phi) is 5.93. The van der Waals surface area contributed by atoms with Crippen molar-refractivity contribution in [3.63, 3.8) is 0 Å². The van der Waals surface area contributed by atoms with Crippen LogP contribution in [0, 0.1) is 0 Å². The lowest BCUT2D eigenvalue weighted by molar-refractivity contribution is -0.139. The Morgan fingerprint density at radius 1 is 1.00 bits per heavy atom. The molecule has 162 valence electrons. The number of likely N-dealkylation sites (tertiary alicyclic amines) is 2. The van der Waals surface area contributed by atoms with Crippen LogP contribution < -0.4 is 9.47 Å². The van der Waals surface area contributed by atoms with E-state index in [1.165, 1.54) is 4.90 Å². The number of rotatable bonds is 6. The summed E-state index contributed by atoms with van der Waals surface area (Å²) in [4.78, 5) is 40.1. The Bertz CT molecular complexity index is 986. The highest BCUT2D eigenvalue weighted by molar-refractivity contribution is 6.01. The molecule has 2 aromatic carbocycles. The predicted octanol–water partition coefficient (Wildman–Crippen LogP) is 3.33. The molecule has 31 heavy (non-hydrogen) atoms. The van der Waals surface area contributed by atoms with E-state index in [0.717, 1.165) is 35.5 Å². The van der Waals surface area contributed by atoms with Crippen molar-refractivity contribution in [2.24, 2.45) is 0 Å². The second kappa shape index (κ2) is 8.79. The van der Waals surface area contributed by atoms with Gasteiger partial charge in [0.2, 0.25) is 11.8 Å². The maximum atomic E-state index is 13.3. The standard InChI is InChI=1S/C24H26N2O5/c1-30-18-9-10-21(31-2)19(14-18)20-4-3-13-25(20)24(29)17-7-5-16(6-8-17)15-26-22(27)11-12-23(26)28/h5-10,14,20H,3-4,11-13,15H2,1-2H3. The van der Waals surface area contributed by atoms with E-state index in [1.54, 1.807) is 26.4 Å². The maximum Gasteiger partial charge on any atom is 0.254 e. The molecule has 0 radical (unpaired) electrons. The van der Waals surface area contributed by atoms with Gasteiger partial charge in [0, 0.05) is 30.5 Å². The van der Waals surface area contributed by atoms with Gasteiger partial charge in [-0.3, -0.25) is 19.3 Å². The zero-order valence-electron chi connectivity index (χ0n) is 17.8. The molecule has 2 heterocycles. The van der Waals surface area contributed by atoms with E-state index >= 15 is 0 Å². The number of hydrogen-bond acceptors (Lipinski definition) is 5. The lowest BCUT2D eigenvalue weighted by atomic mass is 10.0. The molecule has 7 heteroatoms. The molecular formula is C24H26N2O5. The van der Waals surface area contributed by atoms with Crippen LogP contribution in [0.1, 0.15) is 53.2 Å². The molecule has 0 bridgehead atoms. The third-order valence-electron chi connectivity index (χ3n) is 6.01. The molecule has 7 nitrogen and oxygen atoms in total. The van der Waals surface area contributed by atoms with Gasteiger partial charge in [0.05, 0.1) is 26.8 Å². The van der Waals surface area contributed by atoms with Crippen molar-refractivity contribution in [2.45, 2.75) is 38.3 Å². The van der Waals surface area contributed by atoms with Crippen LogP contribution in [-0.4, -0.2) is 48.3 Å². The van der Waals surface area contributed by atoms with Crippen LogP contribution in [0.3, 0.4) is 0 Å². The zero-order chi connectivity index (χ0) is 22.0. The minimum Gasteiger partial charge on any atom is -0.497 e. The van der Waals surface area contributed by atoms with Crippen LogP contribution in [0.25, 0.3) is 0 Å². The van der Waals surface area contributed by atoms with Gasteiger partial charge in [0.25, 0.3) is 5.91 Å². The van der Waals surface area contributed by atoms with Crippen LogP contribution in [0.5, 0.6) is 11.5 Å². The van der Waals surface area contributed by atoms with E-state index in [9.17, 15) is 14.4 Å². The lowest BCUT2D eigenvalue weighted by Gasteiger charge is -2.27. The predicted molar refractivity (Wildman–Crippen MR) is 114 cm³/mol. The fraction of sp³-hybridized carbons (Fsp3) is 0.375. The molecule has 2 fully saturated rings. The zero-order valence-corrected chi connectivity index (χ0v) is 17.8. The number of benzene rings is 2. The molecule has 2 aliphatic rings. The van der Waals surface area contributed by atoms with Gasteiger partial charge in [-0.25, -0.2) is 0 Å². The van der Waals surface area contributed by atoms with Crippen LogP contribution >= 0.6 is 0 Å². The Balaban J connectivity index is 1.52. The van der Waals surface area contributed by atoms with E-state index in [4.69, 9.17) is 9.47 Å². The number of methoxy groups -OCH3 is 2. The maximum absolute atomic E-state index is 13.3. The molecule has 4 rings (SSSR count). The molecule has 2 aromatic rings. The minimum absolute atomic E-state index is 0.0488. The minimum atomic E-state index is -0.141. The third kappa shape index (κ3) is 4.13. The summed E-state index contributed by atoms with van der Waals surface area (Å²) in [5, 5.41) is 0. The average molecular weight is 422 g/mol. The van der Waals surface area contributed by atoms with E-state index < -0.39 is 0 Å². The summed E-state index contributed by atoms with van der Waals surface area (Å²) < 4.78 is 10.9. The highest BCUT2D eigenvalue weighted by Crippen LogP contribution is 2.39. The molecule has 0 N–H and O–H groups in total. The molecule has 3 amide bonds. The van der Waals surface area contributed by atoms with E-state index in [2.05, 4.69) is 0 Å². The molecular weight excluding hydrogens is 396 g/mol. The number of ether oxygens (including phenoxy) is 2. The largest absolute Gasteiger partial charge is 0.497 e. The molecule has 0 aromatic heterocycles. The van der Waals surface area contributed by atoms with Gasteiger partial charge in [-0.05, 0) is 48.7 Å². The lowest BCUT2D eigenvalue weighted by Crippen LogP contribution is -2.31. The van der Waals surface area contributed by atoms with Gasteiger partial charge in [0.1, 0.15) is 11.5 Å². The summed E-state index contributed by atoms with van der Waals surface area (Å²) in [5.41, 5.74) is 2.35. The van der Waals surface area contributed by atoms with Crippen LogP contribution in [0.15, 0.2) is 42.5 Å². The highest BCUT2D eigenvalue weighted by Gasteiger charge is 2.33. The number of hydrogen-bond donors (Lipinski definition) is 0. The molecule has 0 aliphatic carbocycles. The summed E-state index contributed by atoms with van der Waals surface area (Å²) >= 11 is 0. The summed E-state index contributed by atoms with van der Waals surface area (Å²) in [6.07, 6.45) is 2.32. The van der Waals surface area contributed by atoms with Crippen molar-refractivity contribution >= 4 is 17.7 Å². The Hall–Kier alpha value is -3.35. The normalized spacial score (nSPS) is 18.6. The Labute approximate surface area is 181 Å². The molecule has 1 atom stereocenters. The first-order chi connectivity index (χ1) is 15.0. The van der Waals surface area contributed by atoms with Crippen molar-refractivity contribution in [2.75, 3.05) is 20.8 Å². The monoisotopic (exact) mass is 422 g/mol. The van der Waals surface area contributed by atoms with Gasteiger partial charge in [-0.15, -0.1) is 0 Å². The highest BCUT2D eigenvalue weighted by atomic mass is 16.5. The second-order valence-electron chi connectivity index (χ2n) is 7.83. The van der Waals surface area contributed by atoms with Crippen molar-refractivity contribution in [1.29, 1.82) is 0 Å². The topological polar surface area (TPSA) is 76.2 Å². The molecule has 2 aliphatic heterocycles.